The van der Waals surface area contributed by atoms with E-state index in [0.29, 0.717) is 43.9 Å². The van der Waals surface area contributed by atoms with E-state index in [9.17, 15) is 34.5 Å². The van der Waals surface area contributed by atoms with Crippen LogP contribution in [0.3, 0.4) is 0 Å². The SMILES string of the molecule is CCCC1O[C@@H]2C[C@H]3[C@@H]4CCC5=CC(=O)C=C[C@]5(C)[C@H]4[C@@H](O)C[C@]3(C)[C@]2(C(=O)CO)O1.COc1ccc(C2CNC(=O)C2)cc1OC1CCCC1.C[N+]1(C)CCC(OC(=O)C(O)(c2ccccc2)C2CCCC2)C1.[Br-]. The van der Waals surface area contributed by atoms with E-state index in [1.807, 2.05) is 54.6 Å². The van der Waals surface area contributed by atoms with Gasteiger partial charge in [-0.2, -0.15) is 0 Å². The number of nitrogens with zero attached hydrogens (tertiary/aromatic N) is 1. The summed E-state index contributed by atoms with van der Waals surface area (Å²) < 4.78 is 30.8. The van der Waals surface area contributed by atoms with E-state index >= 15 is 0 Å². The number of aliphatic hydroxyl groups is 3. The van der Waals surface area contributed by atoms with Gasteiger partial charge in [0.05, 0.1) is 46.1 Å². The molecule has 12 atom stereocenters. The van der Waals surface area contributed by atoms with Crippen LogP contribution in [0.15, 0.2) is 72.3 Å². The van der Waals surface area contributed by atoms with Crippen molar-refractivity contribution in [3.8, 4) is 11.5 Å². The van der Waals surface area contributed by atoms with E-state index in [-0.39, 0.29) is 75.6 Å². The number of likely N-dealkylation sites (tertiary alicyclic amines) is 1. The Morgan fingerprint density at radius 1 is 0.947 bits per heavy atom. The van der Waals surface area contributed by atoms with Crippen molar-refractivity contribution >= 4 is 23.4 Å². The van der Waals surface area contributed by atoms with Gasteiger partial charge in [0, 0.05) is 48.0 Å². The number of quaternary nitrogens is 1. The van der Waals surface area contributed by atoms with Gasteiger partial charge in [0.2, 0.25) is 5.91 Å². The minimum absolute atomic E-state index is 0. The lowest BCUT2D eigenvalue weighted by Gasteiger charge is -2.59. The first kappa shape index (κ1) is 57.2. The maximum absolute atomic E-state index is 13.2. The monoisotopic (exact) mass is 1100 g/mol. The highest BCUT2D eigenvalue weighted by Gasteiger charge is 2.75. The summed E-state index contributed by atoms with van der Waals surface area (Å²) in [5.41, 5.74) is -0.729. The van der Waals surface area contributed by atoms with Crippen LogP contribution in [0.25, 0.3) is 0 Å². The zero-order chi connectivity index (χ0) is 52.6. The number of allylic oxidation sites excluding steroid dienone is 4. The van der Waals surface area contributed by atoms with Gasteiger partial charge in [-0.05, 0) is 118 Å². The molecule has 6 aliphatic carbocycles. The molecule has 412 valence electrons. The number of halogens is 1. The van der Waals surface area contributed by atoms with Crippen LogP contribution in [-0.2, 0) is 39.0 Å². The summed E-state index contributed by atoms with van der Waals surface area (Å²) in [6.45, 7) is 8.22. The third-order valence-electron chi connectivity index (χ3n) is 19.1. The minimum atomic E-state index is -1.50. The zero-order valence-corrected chi connectivity index (χ0v) is 46.7. The number of ketones is 2. The molecule has 0 aromatic heterocycles. The lowest BCUT2D eigenvalue weighted by atomic mass is 9.46. The van der Waals surface area contributed by atoms with Crippen molar-refractivity contribution < 1.29 is 79.6 Å². The van der Waals surface area contributed by atoms with Crippen molar-refractivity contribution in [2.45, 2.75) is 171 Å². The number of likely N-dealkylation sites (N-methyl/N-ethyl adjacent to an activating group) is 1. The third-order valence-corrected chi connectivity index (χ3v) is 19.1. The molecule has 3 saturated heterocycles. The number of hydrogen-bond donors (Lipinski definition) is 4. The number of amides is 1. The van der Waals surface area contributed by atoms with Gasteiger partial charge in [0.1, 0.15) is 13.2 Å². The van der Waals surface area contributed by atoms with E-state index in [0.717, 1.165) is 104 Å². The zero-order valence-electron chi connectivity index (χ0n) is 45.1. The number of rotatable bonds is 12. The first-order valence-electron chi connectivity index (χ1n) is 27.9. The average Bonchev–Trinajstić information content (AvgIpc) is 4.35. The Hall–Kier alpha value is -3.96. The number of methoxy groups -OCH3 is 1. The Labute approximate surface area is 454 Å². The molecule has 4 unspecified atom stereocenters. The Morgan fingerprint density at radius 2 is 1.67 bits per heavy atom. The van der Waals surface area contributed by atoms with E-state index in [4.69, 9.17) is 23.7 Å². The number of nitrogens with one attached hydrogen (secondary N) is 1. The Morgan fingerprint density at radius 3 is 2.31 bits per heavy atom. The molecule has 14 nitrogen and oxygen atoms in total. The second-order valence-corrected chi connectivity index (χ2v) is 24.1. The Kier molecular flexibility index (Phi) is 17.7. The van der Waals surface area contributed by atoms with Gasteiger partial charge in [0.15, 0.2) is 46.7 Å². The Balaban J connectivity index is 0.000000153. The van der Waals surface area contributed by atoms with Gasteiger partial charge in [-0.3, -0.25) is 14.4 Å². The number of esters is 1. The molecular weight excluding hydrogens is 1020 g/mol. The molecule has 1 amide bonds. The second kappa shape index (κ2) is 23.2. The molecule has 4 N–H and O–H groups in total. The number of Topliss-reactive ketones (excluding diaryl/α,β-unsaturated/α-hetero) is 1. The lowest BCUT2D eigenvalue weighted by Crippen LogP contribution is -3.00. The highest BCUT2D eigenvalue weighted by molar-refractivity contribution is 6.01. The molecule has 8 fully saturated rings. The van der Waals surface area contributed by atoms with Crippen LogP contribution in [0.2, 0.25) is 0 Å². The number of fused-ring (bicyclic) bond motifs is 7. The molecular formula is C60H83BrN2O12. The summed E-state index contributed by atoms with van der Waals surface area (Å²) in [4.78, 5) is 49.5. The molecule has 0 bridgehead atoms. The van der Waals surface area contributed by atoms with Gasteiger partial charge in [-0.15, -0.1) is 0 Å². The summed E-state index contributed by atoms with van der Waals surface area (Å²) in [6.07, 6.45) is 18.6. The predicted molar refractivity (Wildman–Crippen MR) is 278 cm³/mol. The average molecular weight is 1100 g/mol. The Bertz CT molecular complexity index is 2440. The lowest BCUT2D eigenvalue weighted by molar-refractivity contribution is -0.879. The van der Waals surface area contributed by atoms with Crippen molar-refractivity contribution in [2.75, 3.05) is 47.4 Å². The predicted octanol–water partition coefficient (Wildman–Crippen LogP) is 4.80. The van der Waals surface area contributed by atoms with Crippen LogP contribution in [0.5, 0.6) is 11.5 Å². The number of hydrogen-bond acceptors (Lipinski definition) is 12. The van der Waals surface area contributed by atoms with E-state index in [1.165, 1.54) is 12.8 Å². The van der Waals surface area contributed by atoms with Crippen LogP contribution in [0, 0.1) is 34.5 Å². The molecule has 11 rings (SSSR count). The largest absolute Gasteiger partial charge is 1.00 e. The molecule has 2 aromatic rings. The fourth-order valence-corrected chi connectivity index (χ4v) is 15.3. The summed E-state index contributed by atoms with van der Waals surface area (Å²) >= 11 is 0. The first-order valence-corrected chi connectivity index (χ1v) is 27.9. The summed E-state index contributed by atoms with van der Waals surface area (Å²) in [5, 5.41) is 35.6. The van der Waals surface area contributed by atoms with E-state index < -0.39 is 47.7 Å². The number of carbonyl (C=O) groups excluding carboxylic acids is 4. The van der Waals surface area contributed by atoms with Crippen molar-refractivity contribution in [3.05, 3.63) is 83.5 Å². The van der Waals surface area contributed by atoms with Gasteiger partial charge >= 0.3 is 5.97 Å². The van der Waals surface area contributed by atoms with Crippen LogP contribution < -0.4 is 31.8 Å². The van der Waals surface area contributed by atoms with Crippen molar-refractivity contribution in [2.24, 2.45) is 34.5 Å². The maximum atomic E-state index is 13.2. The van der Waals surface area contributed by atoms with Crippen LogP contribution in [0.4, 0.5) is 0 Å². The van der Waals surface area contributed by atoms with Crippen LogP contribution >= 0.6 is 0 Å². The van der Waals surface area contributed by atoms with Gasteiger partial charge < -0.3 is 65.8 Å². The molecule has 15 heteroatoms. The van der Waals surface area contributed by atoms with Crippen molar-refractivity contribution in [1.82, 2.24) is 5.32 Å². The number of ether oxygens (including phenoxy) is 5. The molecule has 2 aromatic carbocycles. The topological polar surface area (TPSA) is 187 Å². The summed E-state index contributed by atoms with van der Waals surface area (Å²) in [7, 11) is 5.96. The number of benzene rings is 2. The molecule has 0 spiro atoms. The van der Waals surface area contributed by atoms with Crippen LogP contribution in [0.1, 0.15) is 141 Å². The number of aliphatic hydroxyl groups excluding tert-OH is 2. The summed E-state index contributed by atoms with van der Waals surface area (Å²) in [5.74, 6) is 1.50. The molecule has 75 heavy (non-hydrogen) atoms. The highest BCUT2D eigenvalue weighted by atomic mass is 79.9. The van der Waals surface area contributed by atoms with Crippen molar-refractivity contribution in [1.29, 1.82) is 0 Å². The molecule has 5 saturated carbocycles. The number of carbonyl (C=O) groups is 4. The summed E-state index contributed by atoms with van der Waals surface area (Å²) in [6, 6.07) is 15.4. The van der Waals surface area contributed by atoms with Crippen LogP contribution in [-0.4, -0.2) is 127 Å². The second-order valence-electron chi connectivity index (χ2n) is 24.1. The fraction of sp³-hybridized carbons (Fsp3) is 0.667. The van der Waals surface area contributed by atoms with Gasteiger partial charge in [-0.25, -0.2) is 4.79 Å². The quantitative estimate of drug-likeness (QED) is 0.169. The van der Waals surface area contributed by atoms with Gasteiger partial charge in [-0.1, -0.05) is 88.1 Å². The smallest absolute Gasteiger partial charge is 0.343 e. The van der Waals surface area contributed by atoms with E-state index in [2.05, 4.69) is 40.2 Å². The van der Waals surface area contributed by atoms with Crippen molar-refractivity contribution in [3.63, 3.8) is 0 Å². The standard InChI is InChI=1S/C25H34O6.C19H28NO3.C16H21NO3.BrH/c1-4-5-21-30-20-11-17-16-7-6-14-10-15(27)8-9-23(14,2)22(16)18(28)12-24(17,3)25(20,31-21)19(29)13-26;1-20(2)13-12-17(14-20)23-18(21)19(22,16-10-6-7-11-16)15-8-4-3-5-9-15;1-19-14-7-6-11(12-9-16(18)17-10-12)8-15(14)20-13-4-2-3-5-13;/h8-10,16-18,20-22,26,28H,4-7,11-13H2,1-3H3;3-5,8-9,16-17,22H,6-7,10-14H2,1-2H3;6-8,12-13H,2-5,9-10H2,1H3,(H,17,18);1H/q;+1;;/p-1/t16-,17-,18-,20+,21?,22+,23-,24-,25+;;;/m0.../s1. The molecule has 3 aliphatic heterocycles. The fourth-order valence-electron chi connectivity index (χ4n) is 15.3. The van der Waals surface area contributed by atoms with Gasteiger partial charge in [0.25, 0.3) is 0 Å². The molecule has 0 radical (unpaired) electrons. The minimum Gasteiger partial charge on any atom is -1.00 e. The molecule has 3 heterocycles. The third kappa shape index (κ3) is 11.0. The normalized spacial score (nSPS) is 35.1. The highest BCUT2D eigenvalue weighted by Crippen LogP contribution is 2.69. The molecule has 9 aliphatic rings. The van der Waals surface area contributed by atoms with E-state index in [1.54, 1.807) is 19.3 Å². The maximum Gasteiger partial charge on any atom is 0.343 e. The first-order chi connectivity index (χ1) is 35.4.